The van der Waals surface area contributed by atoms with E-state index in [0.717, 1.165) is 24.8 Å². The van der Waals surface area contributed by atoms with Crippen molar-refractivity contribution >= 4 is 23.5 Å². The zero-order valence-corrected chi connectivity index (χ0v) is 12.8. The smallest absolute Gasteiger partial charge is 0.312 e. The molecule has 1 atom stereocenters. The first-order valence-electron chi connectivity index (χ1n) is 7.09. The van der Waals surface area contributed by atoms with E-state index in [1.807, 2.05) is 13.0 Å². The van der Waals surface area contributed by atoms with Crippen LogP contribution in [0.1, 0.15) is 35.2 Å². The lowest BCUT2D eigenvalue weighted by molar-refractivity contribution is 0.0615. The Balaban J connectivity index is 2.13. The number of likely N-dealkylation sites (tertiary alicyclic amines) is 1. The van der Waals surface area contributed by atoms with Gasteiger partial charge in [-0.15, -0.1) is 0 Å². The van der Waals surface area contributed by atoms with E-state index >= 15 is 0 Å². The van der Waals surface area contributed by atoms with E-state index in [4.69, 9.17) is 17.3 Å². The molecule has 0 radical (unpaired) electrons. The van der Waals surface area contributed by atoms with Gasteiger partial charge in [0, 0.05) is 29.7 Å². The van der Waals surface area contributed by atoms with Gasteiger partial charge in [0.05, 0.1) is 0 Å². The van der Waals surface area contributed by atoms with Crippen LogP contribution in [0.5, 0.6) is 0 Å². The second-order valence-corrected chi connectivity index (χ2v) is 5.76. The summed E-state index contributed by atoms with van der Waals surface area (Å²) in [6.45, 7) is 2.98. The molecule has 0 aromatic heterocycles. The average Bonchev–Trinajstić information content (AvgIpc) is 2.47. The molecule has 21 heavy (non-hydrogen) atoms. The first-order valence-corrected chi connectivity index (χ1v) is 7.47. The van der Waals surface area contributed by atoms with Gasteiger partial charge >= 0.3 is 6.03 Å². The normalized spacial score (nSPS) is 18.4. The van der Waals surface area contributed by atoms with Crippen molar-refractivity contribution in [3.05, 3.63) is 34.3 Å². The van der Waals surface area contributed by atoms with Gasteiger partial charge in [0.2, 0.25) is 0 Å². The van der Waals surface area contributed by atoms with Crippen LogP contribution in [-0.2, 0) is 0 Å². The second kappa shape index (κ2) is 6.80. The van der Waals surface area contributed by atoms with Gasteiger partial charge in [-0.05, 0) is 43.9 Å². The summed E-state index contributed by atoms with van der Waals surface area (Å²) in [4.78, 5) is 25.3. The minimum atomic E-state index is -0.564. The number of hydrogen-bond acceptors (Lipinski definition) is 2. The highest BCUT2D eigenvalue weighted by atomic mass is 35.5. The van der Waals surface area contributed by atoms with Crippen molar-refractivity contribution in [3.63, 3.8) is 0 Å². The number of hydrogen-bond donors (Lipinski definition) is 2. The van der Waals surface area contributed by atoms with E-state index in [0.29, 0.717) is 23.7 Å². The Bertz CT molecular complexity index is 548. The van der Waals surface area contributed by atoms with Crippen molar-refractivity contribution in [3.8, 4) is 0 Å². The SMILES string of the molecule is Cc1ccc(C(=O)N2CCCC[C@@H]2CNC(N)=O)cc1Cl. The molecule has 0 spiro atoms. The average molecular weight is 310 g/mol. The van der Waals surface area contributed by atoms with E-state index in [2.05, 4.69) is 5.32 Å². The topological polar surface area (TPSA) is 75.4 Å². The summed E-state index contributed by atoms with van der Waals surface area (Å²) in [6, 6.07) is 4.75. The van der Waals surface area contributed by atoms with Gasteiger partial charge in [0.15, 0.2) is 0 Å². The maximum Gasteiger partial charge on any atom is 0.312 e. The van der Waals surface area contributed by atoms with E-state index in [1.54, 1.807) is 17.0 Å². The van der Waals surface area contributed by atoms with Gasteiger partial charge in [-0.25, -0.2) is 4.79 Å². The van der Waals surface area contributed by atoms with Crippen LogP contribution in [0, 0.1) is 6.92 Å². The maximum atomic E-state index is 12.6. The summed E-state index contributed by atoms with van der Waals surface area (Å²) in [6.07, 6.45) is 2.88. The summed E-state index contributed by atoms with van der Waals surface area (Å²) >= 11 is 6.09. The Hall–Kier alpha value is -1.75. The highest BCUT2D eigenvalue weighted by Gasteiger charge is 2.27. The van der Waals surface area contributed by atoms with Crippen LogP contribution in [0.2, 0.25) is 5.02 Å². The molecule has 6 heteroatoms. The van der Waals surface area contributed by atoms with Crippen molar-refractivity contribution in [2.24, 2.45) is 5.73 Å². The van der Waals surface area contributed by atoms with Gasteiger partial charge in [0.25, 0.3) is 5.91 Å². The summed E-state index contributed by atoms with van der Waals surface area (Å²) in [5.74, 6) is -0.0483. The first-order chi connectivity index (χ1) is 9.99. The Labute approximate surface area is 129 Å². The van der Waals surface area contributed by atoms with E-state index in [-0.39, 0.29) is 11.9 Å². The molecule has 0 aliphatic carbocycles. The molecular formula is C15H20ClN3O2. The lowest BCUT2D eigenvalue weighted by Gasteiger charge is -2.36. The van der Waals surface area contributed by atoms with E-state index in [9.17, 15) is 9.59 Å². The number of carbonyl (C=O) groups is 2. The Morgan fingerprint density at radius 2 is 2.19 bits per heavy atom. The van der Waals surface area contributed by atoms with Crippen LogP contribution in [-0.4, -0.2) is 36.0 Å². The molecule has 2 rings (SSSR count). The van der Waals surface area contributed by atoms with Crippen LogP contribution < -0.4 is 11.1 Å². The molecule has 114 valence electrons. The first kappa shape index (κ1) is 15.6. The van der Waals surface area contributed by atoms with E-state index < -0.39 is 6.03 Å². The number of primary amides is 1. The summed E-state index contributed by atoms with van der Waals surface area (Å²) < 4.78 is 0. The lowest BCUT2D eigenvalue weighted by Crippen LogP contribution is -2.50. The molecule has 1 heterocycles. The van der Waals surface area contributed by atoms with Crippen LogP contribution in [0.4, 0.5) is 4.79 Å². The molecule has 1 aliphatic heterocycles. The maximum absolute atomic E-state index is 12.6. The van der Waals surface area contributed by atoms with Crippen LogP contribution in [0.3, 0.4) is 0 Å². The molecule has 1 aromatic rings. The van der Waals surface area contributed by atoms with Crippen molar-refractivity contribution in [2.75, 3.05) is 13.1 Å². The summed E-state index contributed by atoms with van der Waals surface area (Å²) in [5, 5.41) is 3.18. The molecule has 1 fully saturated rings. The molecule has 3 N–H and O–H groups in total. The number of nitrogens with one attached hydrogen (secondary N) is 1. The van der Waals surface area contributed by atoms with Crippen LogP contribution >= 0.6 is 11.6 Å². The predicted molar refractivity (Wildman–Crippen MR) is 82.5 cm³/mol. The lowest BCUT2D eigenvalue weighted by atomic mass is 10.0. The second-order valence-electron chi connectivity index (χ2n) is 5.36. The quantitative estimate of drug-likeness (QED) is 0.899. The number of halogens is 1. The number of aryl methyl sites for hydroxylation is 1. The third kappa shape index (κ3) is 3.88. The monoisotopic (exact) mass is 309 g/mol. The number of benzene rings is 1. The number of nitrogens with two attached hydrogens (primary N) is 1. The van der Waals surface area contributed by atoms with Crippen molar-refractivity contribution < 1.29 is 9.59 Å². The number of carbonyl (C=O) groups excluding carboxylic acids is 2. The third-order valence-corrected chi connectivity index (χ3v) is 4.23. The van der Waals surface area contributed by atoms with Crippen molar-refractivity contribution in [2.45, 2.75) is 32.2 Å². The number of piperidine rings is 1. The standard InChI is InChI=1S/C15H20ClN3O2/c1-10-5-6-11(8-13(10)16)14(20)19-7-3-2-4-12(19)9-18-15(17)21/h5-6,8,12H,2-4,7,9H2,1H3,(H3,17,18,21)/t12-/m1/s1. The summed E-state index contributed by atoms with van der Waals surface area (Å²) in [5.41, 5.74) is 6.63. The predicted octanol–water partition coefficient (Wildman–Crippen LogP) is 2.31. The van der Waals surface area contributed by atoms with Crippen molar-refractivity contribution in [1.29, 1.82) is 0 Å². The molecule has 0 saturated carbocycles. The zero-order valence-electron chi connectivity index (χ0n) is 12.1. The van der Waals surface area contributed by atoms with E-state index in [1.165, 1.54) is 0 Å². The van der Waals surface area contributed by atoms with Crippen molar-refractivity contribution in [1.82, 2.24) is 10.2 Å². The molecular weight excluding hydrogens is 290 g/mol. The molecule has 0 bridgehead atoms. The number of urea groups is 1. The minimum absolute atomic E-state index is 0.0150. The van der Waals surface area contributed by atoms with Crippen LogP contribution in [0.15, 0.2) is 18.2 Å². The zero-order chi connectivity index (χ0) is 15.4. The third-order valence-electron chi connectivity index (χ3n) is 3.82. The fraction of sp³-hybridized carbons (Fsp3) is 0.467. The van der Waals surface area contributed by atoms with Crippen LogP contribution in [0.25, 0.3) is 0 Å². The molecule has 1 saturated heterocycles. The van der Waals surface area contributed by atoms with Gasteiger partial charge in [-0.3, -0.25) is 4.79 Å². The molecule has 1 aliphatic rings. The number of amides is 3. The Kier molecular flexibility index (Phi) is 5.07. The Morgan fingerprint density at radius 3 is 2.86 bits per heavy atom. The molecule has 1 aromatic carbocycles. The largest absolute Gasteiger partial charge is 0.352 e. The van der Waals surface area contributed by atoms with Gasteiger partial charge < -0.3 is 16.0 Å². The molecule has 0 unspecified atom stereocenters. The molecule has 5 nitrogen and oxygen atoms in total. The fourth-order valence-electron chi connectivity index (χ4n) is 2.59. The minimum Gasteiger partial charge on any atom is -0.352 e. The fourth-order valence-corrected chi connectivity index (χ4v) is 2.77. The summed E-state index contributed by atoms with van der Waals surface area (Å²) in [7, 11) is 0. The van der Waals surface area contributed by atoms with Gasteiger partial charge in [-0.2, -0.15) is 0 Å². The highest BCUT2D eigenvalue weighted by Crippen LogP contribution is 2.22. The number of rotatable bonds is 3. The van der Waals surface area contributed by atoms with Gasteiger partial charge in [0.1, 0.15) is 0 Å². The Morgan fingerprint density at radius 1 is 1.43 bits per heavy atom. The number of nitrogens with zero attached hydrogens (tertiary/aromatic N) is 1. The van der Waals surface area contributed by atoms with Gasteiger partial charge in [-0.1, -0.05) is 17.7 Å². The highest BCUT2D eigenvalue weighted by molar-refractivity contribution is 6.31. The molecule has 3 amide bonds.